The lowest BCUT2D eigenvalue weighted by Gasteiger charge is -2.22. The Bertz CT molecular complexity index is 493. The van der Waals surface area contributed by atoms with Gasteiger partial charge in [-0.3, -0.25) is 9.59 Å². The van der Waals surface area contributed by atoms with E-state index in [0.29, 0.717) is 31.8 Å². The van der Waals surface area contributed by atoms with Crippen molar-refractivity contribution < 1.29 is 18.7 Å². The molecule has 1 aliphatic heterocycles. The van der Waals surface area contributed by atoms with E-state index in [-0.39, 0.29) is 30.0 Å². The van der Waals surface area contributed by atoms with Gasteiger partial charge in [0.25, 0.3) is 11.8 Å². The molecule has 0 saturated carbocycles. The molecule has 0 spiro atoms. The molecule has 1 saturated heterocycles. The van der Waals surface area contributed by atoms with Gasteiger partial charge in [0.15, 0.2) is 0 Å². The third-order valence-corrected chi connectivity index (χ3v) is 3.04. The molecule has 6 nitrogen and oxygen atoms in total. The summed E-state index contributed by atoms with van der Waals surface area (Å²) < 4.78 is 18.0. The average molecular weight is 332 g/mol. The van der Waals surface area contributed by atoms with Crippen molar-refractivity contribution >= 4 is 24.2 Å². The number of amides is 2. The SMILES string of the molecule is Cl.O=C(NCCNC(=O)C1CNCCO1)c1ccc(F)cc1. The number of carbonyl (C=O) groups excluding carboxylic acids is 2. The molecule has 0 aromatic heterocycles. The molecule has 22 heavy (non-hydrogen) atoms. The zero-order valence-electron chi connectivity index (χ0n) is 11.9. The van der Waals surface area contributed by atoms with Crippen LogP contribution in [0.25, 0.3) is 0 Å². The van der Waals surface area contributed by atoms with Crippen molar-refractivity contribution in [2.75, 3.05) is 32.8 Å². The van der Waals surface area contributed by atoms with Crippen LogP contribution in [0.4, 0.5) is 4.39 Å². The van der Waals surface area contributed by atoms with Gasteiger partial charge in [0.2, 0.25) is 0 Å². The fraction of sp³-hybridized carbons (Fsp3) is 0.429. The maximum atomic E-state index is 12.7. The van der Waals surface area contributed by atoms with Crippen LogP contribution < -0.4 is 16.0 Å². The van der Waals surface area contributed by atoms with Gasteiger partial charge >= 0.3 is 0 Å². The second kappa shape index (κ2) is 9.34. The number of rotatable bonds is 5. The van der Waals surface area contributed by atoms with Crippen LogP contribution >= 0.6 is 12.4 Å². The molecule has 0 radical (unpaired) electrons. The quantitative estimate of drug-likeness (QED) is 0.668. The molecule has 0 aliphatic carbocycles. The molecule has 1 fully saturated rings. The van der Waals surface area contributed by atoms with Crippen LogP contribution in [0.15, 0.2) is 24.3 Å². The number of halogens is 2. The molecule has 122 valence electrons. The fourth-order valence-electron chi connectivity index (χ4n) is 1.91. The zero-order chi connectivity index (χ0) is 15.1. The van der Waals surface area contributed by atoms with Gasteiger partial charge in [-0.05, 0) is 24.3 Å². The lowest BCUT2D eigenvalue weighted by molar-refractivity contribution is -0.134. The summed E-state index contributed by atoms with van der Waals surface area (Å²) in [4.78, 5) is 23.4. The standard InChI is InChI=1S/C14H18FN3O3.ClH/c15-11-3-1-10(2-4-11)13(19)17-5-6-18-14(20)12-9-16-7-8-21-12;/h1-4,12,16H,5-9H2,(H,17,19)(H,18,20);1H. The van der Waals surface area contributed by atoms with Gasteiger partial charge in [-0.2, -0.15) is 0 Å². The largest absolute Gasteiger partial charge is 0.366 e. The molecule has 0 bridgehead atoms. The van der Waals surface area contributed by atoms with Crippen molar-refractivity contribution in [1.29, 1.82) is 0 Å². The summed E-state index contributed by atoms with van der Waals surface area (Å²) in [5.41, 5.74) is 0.377. The van der Waals surface area contributed by atoms with Crippen LogP contribution in [0.2, 0.25) is 0 Å². The molecule has 1 unspecified atom stereocenters. The molecule has 2 amide bonds. The van der Waals surface area contributed by atoms with Gasteiger partial charge in [-0.1, -0.05) is 0 Å². The van der Waals surface area contributed by atoms with Gasteiger partial charge < -0.3 is 20.7 Å². The fourth-order valence-corrected chi connectivity index (χ4v) is 1.91. The normalized spacial score (nSPS) is 17.2. The first-order valence-electron chi connectivity index (χ1n) is 6.80. The Morgan fingerprint density at radius 3 is 2.55 bits per heavy atom. The van der Waals surface area contributed by atoms with Crippen LogP contribution in [0.1, 0.15) is 10.4 Å². The van der Waals surface area contributed by atoms with Gasteiger partial charge in [0, 0.05) is 31.7 Å². The first kappa shape index (κ1) is 18.3. The van der Waals surface area contributed by atoms with E-state index in [4.69, 9.17) is 4.74 Å². The third-order valence-electron chi connectivity index (χ3n) is 3.04. The Morgan fingerprint density at radius 2 is 1.91 bits per heavy atom. The lowest BCUT2D eigenvalue weighted by Crippen LogP contribution is -2.49. The summed E-state index contributed by atoms with van der Waals surface area (Å²) in [6.45, 7) is 2.36. The number of benzene rings is 1. The minimum absolute atomic E-state index is 0. The predicted octanol–water partition coefficient (Wildman–Crippen LogP) is 0.0819. The Balaban J connectivity index is 0.00000242. The maximum absolute atomic E-state index is 12.7. The highest BCUT2D eigenvalue weighted by Crippen LogP contribution is 2.02. The van der Waals surface area contributed by atoms with Gasteiger partial charge in [0.05, 0.1) is 6.61 Å². The lowest BCUT2D eigenvalue weighted by atomic mass is 10.2. The summed E-state index contributed by atoms with van der Waals surface area (Å²) in [5.74, 6) is -0.891. The Morgan fingerprint density at radius 1 is 1.23 bits per heavy atom. The highest BCUT2D eigenvalue weighted by atomic mass is 35.5. The first-order chi connectivity index (χ1) is 10.2. The van der Waals surface area contributed by atoms with Crippen molar-refractivity contribution in [2.24, 2.45) is 0 Å². The molecule has 2 rings (SSSR count). The van der Waals surface area contributed by atoms with E-state index in [1.807, 2.05) is 0 Å². The molecule has 8 heteroatoms. The van der Waals surface area contributed by atoms with E-state index in [9.17, 15) is 14.0 Å². The van der Waals surface area contributed by atoms with E-state index in [0.717, 1.165) is 6.54 Å². The molecule has 1 aromatic carbocycles. The van der Waals surface area contributed by atoms with Crippen LogP contribution in [0, 0.1) is 5.82 Å². The number of ether oxygens (including phenoxy) is 1. The van der Waals surface area contributed by atoms with Crippen LogP contribution in [0.5, 0.6) is 0 Å². The highest BCUT2D eigenvalue weighted by molar-refractivity contribution is 5.94. The summed E-state index contributed by atoms with van der Waals surface area (Å²) in [5, 5.41) is 8.40. The Kier molecular flexibility index (Phi) is 7.79. The van der Waals surface area contributed by atoms with Crippen molar-refractivity contribution in [2.45, 2.75) is 6.10 Å². The second-order valence-electron chi connectivity index (χ2n) is 4.62. The van der Waals surface area contributed by atoms with Crippen molar-refractivity contribution in [3.63, 3.8) is 0 Å². The summed E-state index contributed by atoms with van der Waals surface area (Å²) in [7, 11) is 0. The van der Waals surface area contributed by atoms with Crippen LogP contribution in [0.3, 0.4) is 0 Å². The monoisotopic (exact) mass is 331 g/mol. The Labute approximate surface area is 134 Å². The highest BCUT2D eigenvalue weighted by Gasteiger charge is 2.20. The molecule has 1 atom stereocenters. The number of hydrogen-bond donors (Lipinski definition) is 3. The smallest absolute Gasteiger partial charge is 0.251 e. The zero-order valence-corrected chi connectivity index (χ0v) is 12.7. The number of morpholine rings is 1. The van der Waals surface area contributed by atoms with E-state index in [1.165, 1.54) is 24.3 Å². The first-order valence-corrected chi connectivity index (χ1v) is 6.80. The topological polar surface area (TPSA) is 79.5 Å². The molecule has 1 aliphatic rings. The number of hydrogen-bond acceptors (Lipinski definition) is 4. The van der Waals surface area contributed by atoms with Crippen molar-refractivity contribution in [3.8, 4) is 0 Å². The third kappa shape index (κ3) is 5.59. The van der Waals surface area contributed by atoms with E-state index in [1.54, 1.807) is 0 Å². The predicted molar refractivity (Wildman–Crippen MR) is 81.6 cm³/mol. The van der Waals surface area contributed by atoms with E-state index >= 15 is 0 Å². The van der Waals surface area contributed by atoms with Crippen molar-refractivity contribution in [1.82, 2.24) is 16.0 Å². The maximum Gasteiger partial charge on any atom is 0.251 e. The van der Waals surface area contributed by atoms with Gasteiger partial charge in [-0.15, -0.1) is 12.4 Å². The minimum Gasteiger partial charge on any atom is -0.366 e. The molecule has 1 aromatic rings. The second-order valence-corrected chi connectivity index (χ2v) is 4.62. The number of nitrogens with one attached hydrogen (secondary N) is 3. The summed E-state index contributed by atoms with van der Waals surface area (Å²) >= 11 is 0. The molecular weight excluding hydrogens is 313 g/mol. The molecule has 3 N–H and O–H groups in total. The van der Waals surface area contributed by atoms with E-state index in [2.05, 4.69) is 16.0 Å². The molecular formula is C14H19ClFN3O3. The van der Waals surface area contributed by atoms with Gasteiger partial charge in [-0.25, -0.2) is 4.39 Å². The summed E-state index contributed by atoms with van der Waals surface area (Å²) in [6, 6.07) is 5.27. The van der Waals surface area contributed by atoms with Crippen LogP contribution in [-0.4, -0.2) is 50.7 Å². The minimum atomic E-state index is -0.480. The van der Waals surface area contributed by atoms with Gasteiger partial charge in [0.1, 0.15) is 11.9 Å². The van der Waals surface area contributed by atoms with Crippen LogP contribution in [-0.2, 0) is 9.53 Å². The number of carbonyl (C=O) groups is 2. The summed E-state index contributed by atoms with van der Waals surface area (Å²) in [6.07, 6.45) is -0.480. The van der Waals surface area contributed by atoms with Crippen molar-refractivity contribution in [3.05, 3.63) is 35.6 Å². The van der Waals surface area contributed by atoms with E-state index < -0.39 is 6.10 Å². The molecule has 1 heterocycles. The average Bonchev–Trinajstić information content (AvgIpc) is 2.52. The Hall–Kier alpha value is -1.70.